The van der Waals surface area contributed by atoms with Crippen molar-refractivity contribution in [2.45, 2.75) is 19.1 Å². The topological polar surface area (TPSA) is 65.9 Å². The smallest absolute Gasteiger partial charge is 0.232 e. The zero-order valence-corrected chi connectivity index (χ0v) is 20.5. The van der Waals surface area contributed by atoms with Crippen LogP contribution < -0.4 is 15.0 Å². The van der Waals surface area contributed by atoms with Crippen molar-refractivity contribution in [3.63, 3.8) is 0 Å². The fourth-order valence-electron chi connectivity index (χ4n) is 2.47. The van der Waals surface area contributed by atoms with Crippen LogP contribution in [0.15, 0.2) is 15.7 Å². The van der Waals surface area contributed by atoms with Gasteiger partial charge in [0.25, 0.3) is 0 Å². The first-order chi connectivity index (χ1) is 12.1. The third kappa shape index (κ3) is 6.59. The van der Waals surface area contributed by atoms with E-state index < -0.39 is 0 Å². The molecule has 0 spiro atoms. The van der Waals surface area contributed by atoms with Gasteiger partial charge in [-0.25, -0.2) is 4.98 Å². The quantitative estimate of drug-likeness (QED) is 0.327. The molecule has 0 bridgehead atoms. The van der Waals surface area contributed by atoms with Crippen molar-refractivity contribution in [2.75, 3.05) is 57.5 Å². The molecule has 1 aromatic rings. The molecule has 1 saturated heterocycles. The van der Waals surface area contributed by atoms with Crippen LogP contribution in [0.3, 0.4) is 0 Å². The zero-order valence-electron chi connectivity index (χ0n) is 15.7. The van der Waals surface area contributed by atoms with E-state index in [0.29, 0.717) is 17.1 Å². The standard InChI is InChI=1S/C16H27BrN6OS.HI/c1-5-18-15(19-10-12(2)25-4)22-6-8-23(9-7-22)16-20-11-13(17)14(21-16)24-3;/h11-12H,5-10H2,1-4H3,(H,18,19);1H. The lowest BCUT2D eigenvalue weighted by Gasteiger charge is -2.36. The highest BCUT2D eigenvalue weighted by Crippen LogP contribution is 2.23. The van der Waals surface area contributed by atoms with Crippen LogP contribution in [0.25, 0.3) is 0 Å². The third-order valence-corrected chi connectivity index (χ3v) is 5.49. The summed E-state index contributed by atoms with van der Waals surface area (Å²) in [4.78, 5) is 18.1. The van der Waals surface area contributed by atoms with Gasteiger partial charge in [-0.05, 0) is 29.1 Å². The number of guanidine groups is 1. The summed E-state index contributed by atoms with van der Waals surface area (Å²) in [6.07, 6.45) is 3.86. The molecule has 26 heavy (non-hydrogen) atoms. The third-order valence-electron chi connectivity index (χ3n) is 3.99. The number of hydrogen-bond acceptors (Lipinski definition) is 6. The number of nitrogens with one attached hydrogen (secondary N) is 1. The normalized spacial score (nSPS) is 16.1. The molecule has 148 valence electrons. The van der Waals surface area contributed by atoms with Crippen molar-refractivity contribution in [3.05, 3.63) is 10.7 Å². The van der Waals surface area contributed by atoms with Gasteiger partial charge in [0.15, 0.2) is 5.96 Å². The second kappa shape index (κ2) is 12.1. The SMILES string of the molecule is CCNC(=NCC(C)SC)N1CCN(c2ncc(Br)c(OC)n2)CC1.I. The Morgan fingerprint density at radius 2 is 2.12 bits per heavy atom. The van der Waals surface area contributed by atoms with E-state index >= 15 is 0 Å². The second-order valence-electron chi connectivity index (χ2n) is 5.74. The Hall–Kier alpha value is -0.490. The van der Waals surface area contributed by atoms with E-state index in [9.17, 15) is 0 Å². The van der Waals surface area contributed by atoms with Gasteiger partial charge in [0.2, 0.25) is 11.8 Å². The van der Waals surface area contributed by atoms with Crippen LogP contribution in [0.5, 0.6) is 5.88 Å². The molecule has 1 fully saturated rings. The number of aromatic nitrogens is 2. The number of nitrogens with zero attached hydrogens (tertiary/aromatic N) is 5. The van der Waals surface area contributed by atoms with Crippen molar-refractivity contribution in [2.24, 2.45) is 4.99 Å². The van der Waals surface area contributed by atoms with E-state index in [-0.39, 0.29) is 24.0 Å². The van der Waals surface area contributed by atoms with Gasteiger partial charge in [0.05, 0.1) is 24.3 Å². The first-order valence-corrected chi connectivity index (χ1v) is 10.5. The molecule has 2 heterocycles. The number of halogens is 2. The van der Waals surface area contributed by atoms with Crippen LogP contribution in [0.1, 0.15) is 13.8 Å². The molecule has 0 aliphatic carbocycles. The summed E-state index contributed by atoms with van der Waals surface area (Å²) >= 11 is 5.23. The maximum absolute atomic E-state index is 5.27. The highest BCUT2D eigenvalue weighted by Gasteiger charge is 2.22. The molecule has 1 N–H and O–H groups in total. The lowest BCUT2D eigenvalue weighted by molar-refractivity contribution is 0.366. The summed E-state index contributed by atoms with van der Waals surface area (Å²) < 4.78 is 6.03. The minimum atomic E-state index is 0. The number of ether oxygens (including phenoxy) is 1. The van der Waals surface area contributed by atoms with Gasteiger partial charge in [0.1, 0.15) is 0 Å². The number of anilines is 1. The fraction of sp³-hybridized carbons (Fsp3) is 0.688. The Morgan fingerprint density at radius 1 is 1.42 bits per heavy atom. The van der Waals surface area contributed by atoms with Gasteiger partial charge in [-0.3, -0.25) is 4.99 Å². The molecule has 1 atom stereocenters. The summed E-state index contributed by atoms with van der Waals surface area (Å²) in [5, 5.41) is 3.93. The number of methoxy groups -OCH3 is 1. The van der Waals surface area contributed by atoms with E-state index in [4.69, 9.17) is 9.73 Å². The lowest BCUT2D eigenvalue weighted by Crippen LogP contribution is -2.53. The van der Waals surface area contributed by atoms with Crippen LogP contribution in [0, 0.1) is 0 Å². The van der Waals surface area contributed by atoms with Gasteiger partial charge in [-0.2, -0.15) is 16.7 Å². The Bertz CT molecular complexity index is 586. The van der Waals surface area contributed by atoms with Crippen LogP contribution in [0.2, 0.25) is 0 Å². The fourth-order valence-corrected chi connectivity index (χ4v) is 3.05. The van der Waals surface area contributed by atoms with Crippen LogP contribution in [0.4, 0.5) is 5.95 Å². The minimum Gasteiger partial charge on any atom is -0.480 e. The molecule has 10 heteroatoms. The second-order valence-corrected chi connectivity index (χ2v) is 7.87. The first kappa shape index (κ1) is 23.5. The summed E-state index contributed by atoms with van der Waals surface area (Å²) in [5.74, 6) is 2.27. The van der Waals surface area contributed by atoms with E-state index in [1.807, 2.05) is 11.8 Å². The van der Waals surface area contributed by atoms with E-state index in [1.165, 1.54) is 0 Å². The Morgan fingerprint density at radius 3 is 2.69 bits per heavy atom. The van der Waals surface area contributed by atoms with E-state index in [1.54, 1.807) is 13.3 Å². The monoisotopic (exact) mass is 558 g/mol. The van der Waals surface area contributed by atoms with Crippen molar-refractivity contribution in [1.29, 1.82) is 0 Å². The Kier molecular flexibility index (Phi) is 10.9. The van der Waals surface area contributed by atoms with Crippen LogP contribution in [-0.4, -0.2) is 78.7 Å². The van der Waals surface area contributed by atoms with Crippen molar-refractivity contribution < 1.29 is 4.74 Å². The summed E-state index contributed by atoms with van der Waals surface area (Å²) in [5.41, 5.74) is 0. The predicted molar refractivity (Wildman–Crippen MR) is 124 cm³/mol. The van der Waals surface area contributed by atoms with Gasteiger partial charge < -0.3 is 19.9 Å². The van der Waals surface area contributed by atoms with Crippen molar-refractivity contribution in [3.8, 4) is 5.88 Å². The molecule has 0 radical (unpaired) electrons. The van der Waals surface area contributed by atoms with Gasteiger partial charge in [-0.15, -0.1) is 24.0 Å². The number of piperazine rings is 1. The lowest BCUT2D eigenvalue weighted by atomic mass is 10.3. The Balaban J connectivity index is 0.00000338. The van der Waals surface area contributed by atoms with Crippen molar-refractivity contribution in [1.82, 2.24) is 20.2 Å². The number of rotatable bonds is 6. The van der Waals surface area contributed by atoms with Gasteiger partial charge in [-0.1, -0.05) is 6.92 Å². The number of aliphatic imine (C=N–C) groups is 1. The maximum Gasteiger partial charge on any atom is 0.232 e. The van der Waals surface area contributed by atoms with Crippen LogP contribution in [-0.2, 0) is 0 Å². The molecule has 1 aliphatic heterocycles. The van der Waals surface area contributed by atoms with Crippen LogP contribution >= 0.6 is 51.7 Å². The Labute approximate surface area is 185 Å². The number of thioether (sulfide) groups is 1. The maximum atomic E-state index is 5.27. The molecule has 2 rings (SSSR count). The molecule has 1 unspecified atom stereocenters. The molecule has 1 aliphatic rings. The summed E-state index contributed by atoms with van der Waals surface area (Å²) in [7, 11) is 1.61. The molecule has 0 amide bonds. The molecule has 1 aromatic heterocycles. The largest absolute Gasteiger partial charge is 0.480 e. The summed E-state index contributed by atoms with van der Waals surface area (Å²) in [6.45, 7) is 9.50. The highest BCUT2D eigenvalue weighted by atomic mass is 127. The predicted octanol–water partition coefficient (Wildman–Crippen LogP) is 2.70. The average Bonchev–Trinajstić information content (AvgIpc) is 2.65. The van der Waals surface area contributed by atoms with Gasteiger partial charge >= 0.3 is 0 Å². The minimum absolute atomic E-state index is 0. The first-order valence-electron chi connectivity index (χ1n) is 8.46. The molecule has 0 saturated carbocycles. The number of hydrogen-bond donors (Lipinski definition) is 1. The summed E-state index contributed by atoms with van der Waals surface area (Å²) in [6, 6.07) is 0. The highest BCUT2D eigenvalue weighted by molar-refractivity contribution is 14.0. The molecule has 7 nitrogen and oxygen atoms in total. The molecular weight excluding hydrogens is 531 g/mol. The zero-order chi connectivity index (χ0) is 18.2. The molecular formula is C16H28BrIN6OS. The van der Waals surface area contributed by atoms with Gasteiger partial charge in [0, 0.05) is 38.0 Å². The van der Waals surface area contributed by atoms with E-state index in [0.717, 1.165) is 49.7 Å². The average molecular weight is 559 g/mol. The molecule has 0 aromatic carbocycles. The van der Waals surface area contributed by atoms with E-state index in [2.05, 4.69) is 61.1 Å². The van der Waals surface area contributed by atoms with Crippen molar-refractivity contribution >= 4 is 63.6 Å².